The highest BCUT2D eigenvalue weighted by atomic mass is 32.2. The van der Waals surface area contributed by atoms with Gasteiger partial charge in [-0.15, -0.1) is 0 Å². The summed E-state index contributed by atoms with van der Waals surface area (Å²) < 4.78 is 63.8. The van der Waals surface area contributed by atoms with Gasteiger partial charge >= 0.3 is 0 Å². The number of benzene rings is 2. The predicted molar refractivity (Wildman–Crippen MR) is 97.0 cm³/mol. The van der Waals surface area contributed by atoms with Crippen molar-refractivity contribution in [3.63, 3.8) is 0 Å². The van der Waals surface area contributed by atoms with Crippen LogP contribution in [0.15, 0.2) is 41.3 Å². The maximum absolute atomic E-state index is 14.3. The zero-order valence-corrected chi connectivity index (χ0v) is 15.7. The summed E-state index contributed by atoms with van der Waals surface area (Å²) in [6.45, 7) is 3.81. The lowest BCUT2D eigenvalue weighted by Gasteiger charge is -2.07. The van der Waals surface area contributed by atoms with Crippen LogP contribution in [0.4, 0.5) is 13.2 Å². The SMILES string of the molecule is Cc1ccc(-c2nc(C(F)F)[nH]c2-c2ccc(S(C)(=O)=O)c(F)c2)cc1C. The van der Waals surface area contributed by atoms with Crippen molar-refractivity contribution in [3.8, 4) is 22.5 Å². The lowest BCUT2D eigenvalue weighted by atomic mass is 10.0. The average molecular weight is 394 g/mol. The van der Waals surface area contributed by atoms with Crippen LogP contribution in [0.5, 0.6) is 0 Å². The van der Waals surface area contributed by atoms with Crippen LogP contribution in [-0.2, 0) is 9.84 Å². The van der Waals surface area contributed by atoms with Crippen LogP contribution in [0.3, 0.4) is 0 Å². The summed E-state index contributed by atoms with van der Waals surface area (Å²) in [6.07, 6.45) is -1.93. The molecular formula is C19H17F3N2O2S. The van der Waals surface area contributed by atoms with E-state index in [-0.39, 0.29) is 17.0 Å². The maximum atomic E-state index is 14.3. The van der Waals surface area contributed by atoms with E-state index in [0.717, 1.165) is 29.5 Å². The molecule has 0 fully saturated rings. The largest absolute Gasteiger partial charge is 0.337 e. The molecule has 0 saturated heterocycles. The van der Waals surface area contributed by atoms with Crippen molar-refractivity contribution in [2.45, 2.75) is 25.2 Å². The normalized spacial score (nSPS) is 12.0. The van der Waals surface area contributed by atoms with Gasteiger partial charge in [-0.25, -0.2) is 26.6 Å². The van der Waals surface area contributed by atoms with Crippen molar-refractivity contribution in [1.82, 2.24) is 9.97 Å². The smallest absolute Gasteiger partial charge is 0.295 e. The molecule has 0 unspecified atom stereocenters. The van der Waals surface area contributed by atoms with Gasteiger partial charge in [-0.2, -0.15) is 0 Å². The Labute approximate surface area is 155 Å². The standard InChI is InChI=1S/C19H17F3N2O2S/c1-10-4-5-12(8-11(10)2)16-17(24-19(23-16)18(21)22)13-6-7-15(14(20)9-13)27(3,25)26/h4-9,18H,1-3H3,(H,23,24). The van der Waals surface area contributed by atoms with Gasteiger partial charge in [-0.3, -0.25) is 0 Å². The fraction of sp³-hybridized carbons (Fsp3) is 0.211. The van der Waals surface area contributed by atoms with E-state index in [1.165, 1.54) is 6.07 Å². The lowest BCUT2D eigenvalue weighted by molar-refractivity contribution is 0.141. The second kappa shape index (κ2) is 6.84. The Morgan fingerprint density at radius 3 is 2.22 bits per heavy atom. The van der Waals surface area contributed by atoms with E-state index in [0.29, 0.717) is 5.56 Å². The van der Waals surface area contributed by atoms with E-state index in [1.54, 1.807) is 6.07 Å². The third kappa shape index (κ3) is 3.75. The number of alkyl halides is 2. The van der Waals surface area contributed by atoms with Gasteiger partial charge in [0.1, 0.15) is 10.7 Å². The number of H-pyrrole nitrogens is 1. The van der Waals surface area contributed by atoms with Gasteiger partial charge in [0, 0.05) is 17.4 Å². The van der Waals surface area contributed by atoms with Gasteiger partial charge in [0.25, 0.3) is 6.43 Å². The quantitative estimate of drug-likeness (QED) is 0.689. The summed E-state index contributed by atoms with van der Waals surface area (Å²) in [5, 5.41) is 0. The molecule has 8 heteroatoms. The number of hydrogen-bond acceptors (Lipinski definition) is 3. The minimum Gasteiger partial charge on any atom is -0.337 e. The topological polar surface area (TPSA) is 62.8 Å². The molecule has 0 aliphatic heterocycles. The molecule has 1 heterocycles. The fourth-order valence-corrected chi connectivity index (χ4v) is 3.49. The summed E-state index contributed by atoms with van der Waals surface area (Å²) >= 11 is 0. The molecule has 3 rings (SSSR count). The summed E-state index contributed by atoms with van der Waals surface area (Å²) in [6, 6.07) is 8.89. The number of nitrogens with zero attached hydrogens (tertiary/aromatic N) is 1. The molecule has 0 aliphatic rings. The Hall–Kier alpha value is -2.61. The van der Waals surface area contributed by atoms with Crippen molar-refractivity contribution in [2.24, 2.45) is 0 Å². The first-order chi connectivity index (χ1) is 12.6. The molecule has 27 heavy (non-hydrogen) atoms. The Morgan fingerprint density at radius 1 is 1.00 bits per heavy atom. The maximum Gasteiger partial charge on any atom is 0.295 e. The average Bonchev–Trinajstić information content (AvgIpc) is 3.01. The molecule has 4 nitrogen and oxygen atoms in total. The van der Waals surface area contributed by atoms with Gasteiger partial charge in [0.15, 0.2) is 15.7 Å². The molecule has 2 aromatic carbocycles. The Bertz CT molecular complexity index is 1120. The van der Waals surface area contributed by atoms with Crippen LogP contribution in [0.25, 0.3) is 22.5 Å². The molecule has 0 spiro atoms. The van der Waals surface area contributed by atoms with Crippen molar-refractivity contribution in [2.75, 3.05) is 6.26 Å². The van der Waals surface area contributed by atoms with E-state index in [2.05, 4.69) is 9.97 Å². The number of rotatable bonds is 4. The molecular weight excluding hydrogens is 377 g/mol. The number of sulfone groups is 1. The molecule has 0 bridgehead atoms. The van der Waals surface area contributed by atoms with Gasteiger partial charge < -0.3 is 4.98 Å². The highest BCUT2D eigenvalue weighted by molar-refractivity contribution is 7.90. The molecule has 1 N–H and O–H groups in total. The minimum absolute atomic E-state index is 0.201. The van der Waals surface area contributed by atoms with Crippen LogP contribution in [0.2, 0.25) is 0 Å². The number of halogens is 3. The molecule has 0 amide bonds. The first-order valence-corrected chi connectivity index (χ1v) is 9.92. The van der Waals surface area contributed by atoms with Crippen LogP contribution < -0.4 is 0 Å². The lowest BCUT2D eigenvalue weighted by Crippen LogP contribution is -2.01. The van der Waals surface area contributed by atoms with Crippen LogP contribution in [0, 0.1) is 19.7 Å². The van der Waals surface area contributed by atoms with Crippen molar-refractivity contribution >= 4 is 9.84 Å². The van der Waals surface area contributed by atoms with Crippen molar-refractivity contribution in [1.29, 1.82) is 0 Å². The van der Waals surface area contributed by atoms with Gasteiger partial charge in [-0.1, -0.05) is 18.2 Å². The highest BCUT2D eigenvalue weighted by Gasteiger charge is 2.21. The zero-order chi connectivity index (χ0) is 19.9. The van der Waals surface area contributed by atoms with E-state index >= 15 is 0 Å². The van der Waals surface area contributed by atoms with Crippen LogP contribution in [0.1, 0.15) is 23.4 Å². The molecule has 0 radical (unpaired) electrons. The number of imidazole rings is 1. The summed E-state index contributed by atoms with van der Waals surface area (Å²) in [5.74, 6) is -1.49. The summed E-state index contributed by atoms with van der Waals surface area (Å²) in [4.78, 5) is 6.07. The third-order valence-corrected chi connectivity index (χ3v) is 5.46. The predicted octanol–water partition coefficient (Wildman–Crippen LogP) is 4.84. The number of aryl methyl sites for hydroxylation is 2. The molecule has 3 aromatic rings. The number of nitrogens with one attached hydrogen (secondary N) is 1. The molecule has 0 saturated carbocycles. The Kier molecular flexibility index (Phi) is 4.86. The Morgan fingerprint density at radius 2 is 1.67 bits per heavy atom. The zero-order valence-electron chi connectivity index (χ0n) is 14.8. The van der Waals surface area contributed by atoms with Gasteiger partial charge in [-0.05, 0) is 43.2 Å². The van der Waals surface area contributed by atoms with Crippen LogP contribution in [-0.4, -0.2) is 24.6 Å². The van der Waals surface area contributed by atoms with Crippen LogP contribution >= 0.6 is 0 Å². The van der Waals surface area contributed by atoms with E-state index in [1.807, 2.05) is 26.0 Å². The second-order valence-corrected chi connectivity index (χ2v) is 8.35. The molecule has 1 aromatic heterocycles. The first-order valence-electron chi connectivity index (χ1n) is 8.03. The summed E-state index contributed by atoms with van der Waals surface area (Å²) in [7, 11) is -3.73. The van der Waals surface area contributed by atoms with Gasteiger partial charge in [0.05, 0.1) is 11.4 Å². The summed E-state index contributed by atoms with van der Waals surface area (Å²) in [5.41, 5.74) is 3.27. The monoisotopic (exact) mass is 394 g/mol. The number of hydrogen-bond donors (Lipinski definition) is 1. The minimum atomic E-state index is -3.73. The van der Waals surface area contributed by atoms with E-state index < -0.39 is 32.8 Å². The highest BCUT2D eigenvalue weighted by Crippen LogP contribution is 2.34. The third-order valence-electron chi connectivity index (χ3n) is 4.33. The van der Waals surface area contributed by atoms with Crippen molar-refractivity contribution in [3.05, 3.63) is 59.2 Å². The van der Waals surface area contributed by atoms with Crippen molar-refractivity contribution < 1.29 is 21.6 Å². The fourth-order valence-electron chi connectivity index (χ4n) is 2.76. The number of aromatic amines is 1. The van der Waals surface area contributed by atoms with E-state index in [4.69, 9.17) is 0 Å². The first kappa shape index (κ1) is 19.2. The number of aromatic nitrogens is 2. The Balaban J connectivity index is 2.20. The molecule has 0 aliphatic carbocycles. The van der Waals surface area contributed by atoms with E-state index in [9.17, 15) is 21.6 Å². The molecule has 142 valence electrons. The van der Waals surface area contributed by atoms with Gasteiger partial charge in [0.2, 0.25) is 0 Å². The molecule has 0 atom stereocenters. The second-order valence-electron chi connectivity index (χ2n) is 6.36.